The molecule has 1 aliphatic rings. The van der Waals surface area contributed by atoms with E-state index in [0.29, 0.717) is 18.2 Å². The Labute approximate surface area is 120 Å². The first-order chi connectivity index (χ1) is 9.46. The fourth-order valence-electron chi connectivity index (χ4n) is 3.12. The van der Waals surface area contributed by atoms with Crippen molar-refractivity contribution < 1.29 is 9.18 Å². The summed E-state index contributed by atoms with van der Waals surface area (Å²) in [7, 11) is 0. The number of rotatable bonds is 3. The van der Waals surface area contributed by atoms with Crippen LogP contribution in [0.5, 0.6) is 0 Å². The fourth-order valence-corrected chi connectivity index (χ4v) is 3.12. The maximum atomic E-state index is 13.0. The summed E-state index contributed by atoms with van der Waals surface area (Å²) in [5.74, 6) is 0.133. The van der Waals surface area contributed by atoms with Gasteiger partial charge in [-0.05, 0) is 49.9 Å². The van der Waals surface area contributed by atoms with Crippen LogP contribution in [0.4, 0.5) is 10.1 Å². The second kappa shape index (κ2) is 5.92. The standard InChI is InChI=1S/C16H23FN2O/c1-3-19(14-8-6-13(17)7-9-14)15(20)16(18)10-4-5-12(2)11-16/h6-9,12H,3-5,10-11,18H2,1-2H3. The number of hydrogen-bond acceptors (Lipinski definition) is 2. The topological polar surface area (TPSA) is 46.3 Å². The Morgan fingerprint density at radius 2 is 2.10 bits per heavy atom. The van der Waals surface area contributed by atoms with Gasteiger partial charge in [0.15, 0.2) is 0 Å². The molecule has 1 aliphatic carbocycles. The molecule has 110 valence electrons. The molecule has 20 heavy (non-hydrogen) atoms. The number of hydrogen-bond donors (Lipinski definition) is 1. The van der Waals surface area contributed by atoms with Gasteiger partial charge in [-0.15, -0.1) is 0 Å². The van der Waals surface area contributed by atoms with Crippen LogP contribution in [0.15, 0.2) is 24.3 Å². The Balaban J connectivity index is 2.22. The van der Waals surface area contributed by atoms with Crippen molar-refractivity contribution >= 4 is 11.6 Å². The number of halogens is 1. The summed E-state index contributed by atoms with van der Waals surface area (Å²) in [5.41, 5.74) is 6.31. The van der Waals surface area contributed by atoms with Crippen molar-refractivity contribution in [2.45, 2.75) is 45.1 Å². The molecular weight excluding hydrogens is 255 g/mol. The van der Waals surface area contributed by atoms with Gasteiger partial charge in [-0.1, -0.05) is 19.8 Å². The second-order valence-corrected chi connectivity index (χ2v) is 5.88. The average molecular weight is 278 g/mol. The predicted molar refractivity (Wildman–Crippen MR) is 79.0 cm³/mol. The number of anilines is 1. The first kappa shape index (κ1) is 15.0. The summed E-state index contributed by atoms with van der Waals surface area (Å²) in [6.07, 6.45) is 3.58. The van der Waals surface area contributed by atoms with Crippen LogP contribution < -0.4 is 10.6 Å². The molecule has 0 saturated heterocycles. The Hall–Kier alpha value is -1.42. The summed E-state index contributed by atoms with van der Waals surface area (Å²) in [6, 6.07) is 6.01. The third-order valence-corrected chi connectivity index (χ3v) is 4.16. The molecule has 4 heteroatoms. The molecule has 1 fully saturated rings. The van der Waals surface area contributed by atoms with E-state index in [1.54, 1.807) is 17.0 Å². The van der Waals surface area contributed by atoms with Crippen molar-refractivity contribution in [2.24, 2.45) is 11.7 Å². The number of carbonyl (C=O) groups excluding carboxylic acids is 1. The van der Waals surface area contributed by atoms with Crippen molar-refractivity contribution in [3.63, 3.8) is 0 Å². The van der Waals surface area contributed by atoms with E-state index in [1.165, 1.54) is 12.1 Å². The summed E-state index contributed by atoms with van der Waals surface area (Å²) in [4.78, 5) is 14.5. The smallest absolute Gasteiger partial charge is 0.247 e. The van der Waals surface area contributed by atoms with E-state index in [4.69, 9.17) is 5.73 Å². The SMILES string of the molecule is CCN(C(=O)C1(N)CCCC(C)C1)c1ccc(F)cc1. The molecule has 1 amide bonds. The Morgan fingerprint density at radius 1 is 1.45 bits per heavy atom. The van der Waals surface area contributed by atoms with Gasteiger partial charge in [0.1, 0.15) is 5.82 Å². The van der Waals surface area contributed by atoms with Gasteiger partial charge in [0.05, 0.1) is 5.54 Å². The van der Waals surface area contributed by atoms with Gasteiger partial charge in [-0.2, -0.15) is 0 Å². The number of amides is 1. The van der Waals surface area contributed by atoms with E-state index in [9.17, 15) is 9.18 Å². The average Bonchev–Trinajstić information content (AvgIpc) is 2.41. The summed E-state index contributed by atoms with van der Waals surface area (Å²) >= 11 is 0. The third-order valence-electron chi connectivity index (χ3n) is 4.16. The quantitative estimate of drug-likeness (QED) is 0.923. The molecule has 0 bridgehead atoms. The lowest BCUT2D eigenvalue weighted by Gasteiger charge is -2.39. The Kier molecular flexibility index (Phi) is 4.43. The van der Waals surface area contributed by atoms with Crippen LogP contribution in [0, 0.1) is 11.7 Å². The largest absolute Gasteiger partial charge is 0.317 e. The highest BCUT2D eigenvalue weighted by Gasteiger charge is 2.40. The molecule has 2 atom stereocenters. The fraction of sp³-hybridized carbons (Fsp3) is 0.562. The molecule has 0 aliphatic heterocycles. The number of nitrogens with two attached hydrogens (primary N) is 1. The Morgan fingerprint density at radius 3 is 2.65 bits per heavy atom. The number of nitrogens with zero attached hydrogens (tertiary/aromatic N) is 1. The van der Waals surface area contributed by atoms with Crippen molar-refractivity contribution in [1.82, 2.24) is 0 Å². The number of carbonyl (C=O) groups is 1. The molecule has 3 nitrogen and oxygen atoms in total. The lowest BCUT2D eigenvalue weighted by Crippen LogP contribution is -2.57. The van der Waals surface area contributed by atoms with Crippen LogP contribution >= 0.6 is 0 Å². The maximum absolute atomic E-state index is 13.0. The van der Waals surface area contributed by atoms with Gasteiger partial charge < -0.3 is 10.6 Å². The van der Waals surface area contributed by atoms with Gasteiger partial charge in [-0.3, -0.25) is 4.79 Å². The van der Waals surface area contributed by atoms with Crippen molar-refractivity contribution in [2.75, 3.05) is 11.4 Å². The van der Waals surface area contributed by atoms with Crippen LogP contribution in [0.2, 0.25) is 0 Å². The van der Waals surface area contributed by atoms with Gasteiger partial charge in [-0.25, -0.2) is 4.39 Å². The van der Waals surface area contributed by atoms with Crippen LogP contribution in [0.3, 0.4) is 0 Å². The summed E-state index contributed by atoms with van der Waals surface area (Å²) in [5, 5.41) is 0. The minimum atomic E-state index is -0.776. The first-order valence-electron chi connectivity index (χ1n) is 7.32. The molecule has 0 spiro atoms. The first-order valence-corrected chi connectivity index (χ1v) is 7.32. The highest BCUT2D eigenvalue weighted by Crippen LogP contribution is 2.33. The minimum absolute atomic E-state index is 0.0434. The van der Waals surface area contributed by atoms with E-state index in [-0.39, 0.29) is 11.7 Å². The zero-order valence-corrected chi connectivity index (χ0v) is 12.2. The monoisotopic (exact) mass is 278 g/mol. The second-order valence-electron chi connectivity index (χ2n) is 5.88. The zero-order valence-electron chi connectivity index (χ0n) is 12.2. The molecule has 1 aromatic carbocycles. The zero-order chi connectivity index (χ0) is 14.8. The van der Waals surface area contributed by atoms with Crippen molar-refractivity contribution in [3.8, 4) is 0 Å². The van der Waals surface area contributed by atoms with Crippen molar-refractivity contribution in [1.29, 1.82) is 0 Å². The molecule has 1 saturated carbocycles. The molecule has 0 heterocycles. The van der Waals surface area contributed by atoms with Gasteiger partial charge in [0.2, 0.25) is 5.91 Å². The maximum Gasteiger partial charge on any atom is 0.247 e. The lowest BCUT2D eigenvalue weighted by atomic mass is 9.76. The van der Waals surface area contributed by atoms with E-state index in [1.807, 2.05) is 6.92 Å². The summed E-state index contributed by atoms with van der Waals surface area (Å²) in [6.45, 7) is 4.59. The van der Waals surface area contributed by atoms with Crippen molar-refractivity contribution in [3.05, 3.63) is 30.1 Å². The van der Waals surface area contributed by atoms with Crippen LogP contribution in [-0.2, 0) is 4.79 Å². The van der Waals surface area contributed by atoms with Gasteiger partial charge in [0, 0.05) is 12.2 Å². The van der Waals surface area contributed by atoms with Crippen LogP contribution in [0.1, 0.15) is 39.5 Å². The molecule has 2 rings (SSSR count). The molecule has 0 radical (unpaired) electrons. The normalized spacial score (nSPS) is 26.3. The highest BCUT2D eigenvalue weighted by atomic mass is 19.1. The molecule has 1 aromatic rings. The van der Waals surface area contributed by atoms with Crippen LogP contribution in [-0.4, -0.2) is 18.0 Å². The molecule has 0 aromatic heterocycles. The molecule has 2 unspecified atom stereocenters. The van der Waals surface area contributed by atoms with E-state index in [0.717, 1.165) is 25.7 Å². The lowest BCUT2D eigenvalue weighted by molar-refractivity contribution is -0.125. The molecule has 2 N–H and O–H groups in total. The Bertz CT molecular complexity index is 474. The van der Waals surface area contributed by atoms with Crippen LogP contribution in [0.25, 0.3) is 0 Å². The molecular formula is C16H23FN2O. The van der Waals surface area contributed by atoms with E-state index >= 15 is 0 Å². The summed E-state index contributed by atoms with van der Waals surface area (Å²) < 4.78 is 13.0. The number of benzene rings is 1. The number of likely N-dealkylation sites (N-methyl/N-ethyl adjacent to an activating group) is 1. The predicted octanol–water partition coefficient (Wildman–Crippen LogP) is 3.09. The van der Waals surface area contributed by atoms with E-state index in [2.05, 4.69) is 6.92 Å². The van der Waals surface area contributed by atoms with E-state index < -0.39 is 5.54 Å². The third kappa shape index (κ3) is 3.01. The highest BCUT2D eigenvalue weighted by molar-refractivity contribution is 6.00. The van der Waals surface area contributed by atoms with Gasteiger partial charge in [0.25, 0.3) is 0 Å². The minimum Gasteiger partial charge on any atom is -0.317 e. The van der Waals surface area contributed by atoms with Gasteiger partial charge >= 0.3 is 0 Å².